The quantitative estimate of drug-likeness (QED) is 0.146. The number of amides is 1. The fourth-order valence-electron chi connectivity index (χ4n) is 5.83. The van der Waals surface area contributed by atoms with E-state index in [-0.39, 0.29) is 11.7 Å². The molecule has 0 saturated heterocycles. The number of aromatic nitrogens is 4. The van der Waals surface area contributed by atoms with E-state index in [0.717, 1.165) is 12.8 Å². The second-order valence-electron chi connectivity index (χ2n) is 11.5. The van der Waals surface area contributed by atoms with Gasteiger partial charge in [0.15, 0.2) is 11.5 Å². The number of rotatable bonds is 9. The lowest BCUT2D eigenvalue weighted by molar-refractivity contribution is -1.09. The molecule has 1 atom stereocenters. The first-order chi connectivity index (χ1) is 22.4. The highest BCUT2D eigenvalue weighted by Crippen LogP contribution is 2.35. The van der Waals surface area contributed by atoms with Crippen molar-refractivity contribution in [2.75, 3.05) is 44.5 Å². The third kappa shape index (κ3) is 5.37. The zero-order valence-corrected chi connectivity index (χ0v) is 25.6. The van der Waals surface area contributed by atoms with Gasteiger partial charge < -0.3 is 20.1 Å². The summed E-state index contributed by atoms with van der Waals surface area (Å²) in [7, 11) is 3.72. The Kier molecular flexibility index (Phi) is 7.51. The van der Waals surface area contributed by atoms with Crippen LogP contribution >= 0.6 is 0 Å². The summed E-state index contributed by atoms with van der Waals surface area (Å²) in [6.45, 7) is 1.30. The van der Waals surface area contributed by atoms with E-state index in [0.29, 0.717) is 75.9 Å². The van der Waals surface area contributed by atoms with Crippen molar-refractivity contribution in [2.45, 2.75) is 18.9 Å². The number of likely N-dealkylation sites (N-methyl/N-ethyl adjacent to an activating group) is 1. The summed E-state index contributed by atoms with van der Waals surface area (Å²) in [4.78, 5) is 43.6. The summed E-state index contributed by atoms with van der Waals surface area (Å²) in [5, 5.41) is 0. The molecule has 0 bridgehead atoms. The summed E-state index contributed by atoms with van der Waals surface area (Å²) < 4.78 is 15.2. The number of nitrogens with zero attached hydrogens (tertiary/aromatic N) is 6. The third-order valence-electron chi connectivity index (χ3n) is 8.52. The molecular formula is C34H34N7O5+. The second-order valence-corrected chi connectivity index (χ2v) is 11.5. The maximum atomic E-state index is 14.2. The van der Waals surface area contributed by atoms with Gasteiger partial charge in [-0.25, -0.2) is 24.2 Å². The Morgan fingerprint density at radius 1 is 1.02 bits per heavy atom. The minimum atomic E-state index is -0.398. The van der Waals surface area contributed by atoms with Crippen molar-refractivity contribution in [3.63, 3.8) is 0 Å². The molecule has 3 aromatic carbocycles. The number of nitrogen functional groups attached to an aromatic ring is 1. The van der Waals surface area contributed by atoms with Crippen LogP contribution in [0.5, 0.6) is 17.2 Å². The van der Waals surface area contributed by atoms with Crippen LogP contribution in [0.15, 0.2) is 96.1 Å². The van der Waals surface area contributed by atoms with Gasteiger partial charge in [-0.05, 0) is 60.7 Å². The third-order valence-corrected chi connectivity index (χ3v) is 8.52. The molecule has 1 saturated carbocycles. The van der Waals surface area contributed by atoms with E-state index in [4.69, 9.17) is 20.0 Å². The molecule has 1 unspecified atom stereocenters. The summed E-state index contributed by atoms with van der Waals surface area (Å²) in [6, 6.07) is 22.3. The number of benzene rings is 3. The Morgan fingerprint density at radius 2 is 1.76 bits per heavy atom. The average molecular weight is 621 g/mol. The maximum Gasteiger partial charge on any atom is 0.339 e. The van der Waals surface area contributed by atoms with E-state index in [1.165, 1.54) is 15.5 Å². The van der Waals surface area contributed by atoms with Crippen LogP contribution in [-0.2, 0) is 9.63 Å². The Bertz CT molecular complexity index is 2000. The molecule has 1 amide bonds. The maximum absolute atomic E-state index is 14.2. The molecular weight excluding hydrogens is 586 g/mol. The van der Waals surface area contributed by atoms with Gasteiger partial charge in [0, 0.05) is 18.9 Å². The predicted molar refractivity (Wildman–Crippen MR) is 173 cm³/mol. The Balaban J connectivity index is 1.23. The number of hydrogen-bond acceptors (Lipinski definition) is 8. The molecule has 0 spiro atoms. The highest BCUT2D eigenvalue weighted by atomic mass is 16.7. The lowest BCUT2D eigenvalue weighted by Gasteiger charge is -2.30. The van der Waals surface area contributed by atoms with Gasteiger partial charge in [0.1, 0.15) is 48.3 Å². The first-order valence-electron chi connectivity index (χ1n) is 15.1. The van der Waals surface area contributed by atoms with Crippen molar-refractivity contribution in [1.82, 2.24) is 19.1 Å². The van der Waals surface area contributed by atoms with Gasteiger partial charge in [0.2, 0.25) is 0 Å². The number of fused-ring (bicyclic) bond motifs is 2. The summed E-state index contributed by atoms with van der Waals surface area (Å²) >= 11 is 0. The molecule has 2 N–H and O–H groups in total. The molecule has 12 nitrogen and oxygen atoms in total. The normalized spacial score (nSPS) is 15.8. The molecule has 1 fully saturated rings. The number of anilines is 2. The number of carbonyl (C=O) groups excluding carboxylic acids is 1. The van der Waals surface area contributed by atoms with Crippen molar-refractivity contribution in [1.29, 1.82) is 0 Å². The molecule has 234 valence electrons. The number of para-hydroxylation sites is 1. The van der Waals surface area contributed by atoms with Crippen molar-refractivity contribution in [3.8, 4) is 28.6 Å². The number of quaternary nitrogens is 1. The van der Waals surface area contributed by atoms with Gasteiger partial charge in [-0.3, -0.25) is 9.36 Å². The molecule has 1 aliphatic heterocycles. The monoisotopic (exact) mass is 620 g/mol. The largest absolute Gasteiger partial charge is 0.490 e. The number of hydroxylamine groups is 3. The first kappa shape index (κ1) is 29.3. The number of hydrogen-bond donors (Lipinski definition) is 1. The predicted octanol–water partition coefficient (Wildman–Crippen LogP) is 4.40. The van der Waals surface area contributed by atoms with Gasteiger partial charge >= 0.3 is 5.69 Å². The highest BCUT2D eigenvalue weighted by molar-refractivity contribution is 6.03. The van der Waals surface area contributed by atoms with Gasteiger partial charge in [-0.2, -0.15) is 4.65 Å². The minimum absolute atomic E-state index is 0.154. The van der Waals surface area contributed by atoms with E-state index in [1.807, 2.05) is 43.5 Å². The highest BCUT2D eigenvalue weighted by Gasteiger charge is 2.42. The zero-order chi connectivity index (χ0) is 31.8. The van der Waals surface area contributed by atoms with Gasteiger partial charge in [-0.15, -0.1) is 0 Å². The second kappa shape index (κ2) is 11.8. The fourth-order valence-corrected chi connectivity index (χ4v) is 5.83. The molecule has 2 aromatic heterocycles. The molecule has 1 aliphatic carbocycles. The minimum Gasteiger partial charge on any atom is -0.490 e. The fraction of sp³-hybridized carbons (Fsp3) is 0.235. The smallest absolute Gasteiger partial charge is 0.339 e. The standard InChI is InChI=1S/C34H34N7O5/c1-41(44-2,25-13-14-25)19-6-9-30(42)38-18-20-45-29-17-12-24(21-28(29)38)40-33-31(32(35)36-22-37-33)39(34(40)43)23-10-15-27(16-11-23)46-26-7-4-3-5-8-26/h3-12,15-17,21-22,25H,13-14,18-20H2,1-2H3,(H2,35,36,37)/q+1/b9-6+. The van der Waals surface area contributed by atoms with E-state index in [9.17, 15) is 9.59 Å². The molecule has 0 radical (unpaired) electrons. The first-order valence-corrected chi connectivity index (χ1v) is 15.1. The topological polar surface area (TPSA) is 127 Å². The van der Waals surface area contributed by atoms with Crippen molar-refractivity contribution >= 4 is 28.6 Å². The molecule has 2 aliphatic rings. The Hall–Kier alpha value is -5.46. The van der Waals surface area contributed by atoms with E-state index in [2.05, 4.69) is 9.97 Å². The van der Waals surface area contributed by atoms with Crippen LogP contribution < -0.4 is 25.8 Å². The number of carbonyl (C=O) groups is 1. The average Bonchev–Trinajstić information content (AvgIpc) is 3.89. The zero-order valence-electron chi connectivity index (χ0n) is 25.6. The van der Waals surface area contributed by atoms with Crippen LogP contribution in [-0.4, -0.2) is 69.6 Å². The Morgan fingerprint density at radius 3 is 2.50 bits per heavy atom. The van der Waals surface area contributed by atoms with E-state index >= 15 is 0 Å². The van der Waals surface area contributed by atoms with Gasteiger partial charge in [0.05, 0.1) is 37.8 Å². The number of ether oxygens (including phenoxy) is 2. The molecule has 3 heterocycles. The van der Waals surface area contributed by atoms with Crippen LogP contribution in [0.4, 0.5) is 11.5 Å². The van der Waals surface area contributed by atoms with Crippen LogP contribution in [0.2, 0.25) is 0 Å². The van der Waals surface area contributed by atoms with Crippen LogP contribution in [0.3, 0.4) is 0 Å². The molecule has 7 rings (SSSR count). The molecule has 12 heteroatoms. The molecule has 5 aromatic rings. The lowest BCUT2D eigenvalue weighted by atomic mass is 10.2. The lowest BCUT2D eigenvalue weighted by Crippen LogP contribution is -2.45. The van der Waals surface area contributed by atoms with Gasteiger partial charge in [0.25, 0.3) is 5.91 Å². The van der Waals surface area contributed by atoms with Crippen LogP contribution in [0.1, 0.15) is 12.8 Å². The summed E-state index contributed by atoms with van der Waals surface area (Å²) in [5.41, 5.74) is 8.24. The number of imidazole rings is 1. The summed E-state index contributed by atoms with van der Waals surface area (Å²) in [6.07, 6.45) is 7.00. The summed E-state index contributed by atoms with van der Waals surface area (Å²) in [5.74, 6) is 1.84. The number of nitrogens with two attached hydrogens (primary N) is 1. The van der Waals surface area contributed by atoms with Crippen LogP contribution in [0.25, 0.3) is 22.5 Å². The molecule has 46 heavy (non-hydrogen) atoms. The van der Waals surface area contributed by atoms with Crippen molar-refractivity contribution in [2.24, 2.45) is 0 Å². The Labute approximate surface area is 265 Å². The van der Waals surface area contributed by atoms with E-state index < -0.39 is 5.69 Å². The SMILES string of the molecule is CO[N+](C)(C/C=C/C(=O)N1CCOc2ccc(-n3c(=O)n(-c4ccc(Oc5ccccc5)cc4)c4c(N)ncnc43)cc21)C1CC1. The van der Waals surface area contributed by atoms with Crippen molar-refractivity contribution in [3.05, 3.63) is 102 Å². The van der Waals surface area contributed by atoms with Crippen LogP contribution in [0, 0.1) is 0 Å². The van der Waals surface area contributed by atoms with E-state index in [1.54, 1.807) is 60.6 Å². The van der Waals surface area contributed by atoms with Gasteiger partial charge in [-0.1, -0.05) is 18.2 Å². The van der Waals surface area contributed by atoms with Crippen molar-refractivity contribution < 1.29 is 23.8 Å².